The summed E-state index contributed by atoms with van der Waals surface area (Å²) >= 11 is 5.40. The van der Waals surface area contributed by atoms with Crippen molar-refractivity contribution >= 4 is 27.7 Å². The van der Waals surface area contributed by atoms with Crippen LogP contribution in [0.4, 0.5) is 0 Å². The van der Waals surface area contributed by atoms with E-state index in [1.807, 2.05) is 18.0 Å². The van der Waals surface area contributed by atoms with Gasteiger partial charge in [0.05, 0.1) is 0 Å². The van der Waals surface area contributed by atoms with Gasteiger partial charge >= 0.3 is 0 Å². The quantitative estimate of drug-likeness (QED) is 0.794. The van der Waals surface area contributed by atoms with Gasteiger partial charge in [-0.15, -0.1) is 0 Å². The van der Waals surface area contributed by atoms with Crippen LogP contribution in [0.1, 0.15) is 26.0 Å². The Morgan fingerprint density at radius 1 is 1.41 bits per heavy atom. The largest absolute Gasteiger partial charge is 0.313 e. The molecule has 0 aliphatic rings. The van der Waals surface area contributed by atoms with Crippen LogP contribution in [-0.2, 0) is 6.42 Å². The van der Waals surface area contributed by atoms with Crippen molar-refractivity contribution in [2.45, 2.75) is 32.7 Å². The molecule has 17 heavy (non-hydrogen) atoms. The smallest absolute Gasteiger partial charge is 0.0420 e. The predicted octanol–water partition coefficient (Wildman–Crippen LogP) is 3.51. The number of pyridine rings is 1. The normalized spacial score (nSPS) is 12.6. The maximum atomic E-state index is 4.44. The summed E-state index contributed by atoms with van der Waals surface area (Å²) in [5, 5.41) is 3.59. The highest BCUT2D eigenvalue weighted by molar-refractivity contribution is 9.10. The molecule has 0 amide bonds. The Kier molecular flexibility index (Phi) is 7.90. The topological polar surface area (TPSA) is 24.9 Å². The highest BCUT2D eigenvalue weighted by Gasteiger charge is 2.09. The van der Waals surface area contributed by atoms with Crippen molar-refractivity contribution < 1.29 is 0 Å². The van der Waals surface area contributed by atoms with Crippen molar-refractivity contribution in [2.24, 2.45) is 0 Å². The lowest BCUT2D eigenvalue weighted by atomic mass is 10.1. The number of nitrogens with one attached hydrogen (secondary N) is 1. The molecule has 1 atom stereocenters. The Morgan fingerprint density at radius 2 is 2.24 bits per heavy atom. The minimum absolute atomic E-state index is 0.536. The van der Waals surface area contributed by atoms with Crippen LogP contribution in [0.15, 0.2) is 22.8 Å². The summed E-state index contributed by atoms with van der Waals surface area (Å²) < 4.78 is 1.04. The van der Waals surface area contributed by atoms with Gasteiger partial charge in [0, 0.05) is 34.6 Å². The fourth-order valence-electron chi connectivity index (χ4n) is 1.58. The number of hydrogen-bond acceptors (Lipinski definition) is 3. The minimum atomic E-state index is 0.536. The van der Waals surface area contributed by atoms with Crippen LogP contribution in [0.25, 0.3) is 0 Å². The molecule has 0 aliphatic heterocycles. The molecular formula is C13H21BrN2S. The van der Waals surface area contributed by atoms with Crippen molar-refractivity contribution in [3.05, 3.63) is 28.5 Å². The molecule has 1 aromatic rings. The fraction of sp³-hybridized carbons (Fsp3) is 0.615. The highest BCUT2D eigenvalue weighted by Crippen LogP contribution is 2.11. The van der Waals surface area contributed by atoms with Crippen molar-refractivity contribution in [1.29, 1.82) is 0 Å². The maximum absolute atomic E-state index is 4.44. The molecule has 0 aliphatic carbocycles. The summed E-state index contributed by atoms with van der Waals surface area (Å²) in [7, 11) is 0. The lowest BCUT2D eigenvalue weighted by molar-refractivity contribution is 0.545. The van der Waals surface area contributed by atoms with E-state index < -0.39 is 0 Å². The average molecular weight is 317 g/mol. The van der Waals surface area contributed by atoms with Crippen LogP contribution >= 0.6 is 27.7 Å². The Bertz CT molecular complexity index is 295. The second-order valence-corrected chi connectivity index (χ2v) is 6.22. The molecule has 2 nitrogen and oxygen atoms in total. The third-order valence-corrected chi connectivity index (χ3v) is 3.97. The zero-order chi connectivity index (χ0) is 12.5. The lowest BCUT2D eigenvalue weighted by Gasteiger charge is -2.17. The van der Waals surface area contributed by atoms with Crippen LogP contribution in [0.5, 0.6) is 0 Å². The van der Waals surface area contributed by atoms with Gasteiger partial charge in [-0.05, 0) is 46.8 Å². The molecule has 1 N–H and O–H groups in total. The van der Waals surface area contributed by atoms with E-state index in [1.165, 1.54) is 17.9 Å². The number of hydrogen-bond donors (Lipinski definition) is 1. The van der Waals surface area contributed by atoms with Crippen LogP contribution < -0.4 is 5.32 Å². The standard InChI is InChI=1S/C13H21BrN2S/c1-3-7-15-13(10-17-4-2)8-12-6-5-11(14)9-16-12/h5-6,9,13,15H,3-4,7-8,10H2,1-2H3. The average Bonchev–Trinajstić information content (AvgIpc) is 2.35. The summed E-state index contributed by atoms with van der Waals surface area (Å²) in [6.45, 7) is 5.50. The summed E-state index contributed by atoms with van der Waals surface area (Å²) in [6.07, 6.45) is 4.07. The zero-order valence-electron chi connectivity index (χ0n) is 10.6. The molecule has 0 saturated carbocycles. The first kappa shape index (κ1) is 15.0. The fourth-order valence-corrected chi connectivity index (χ4v) is 2.57. The molecule has 0 fully saturated rings. The monoisotopic (exact) mass is 316 g/mol. The number of aromatic nitrogens is 1. The molecule has 0 radical (unpaired) electrons. The van der Waals surface area contributed by atoms with Gasteiger partial charge in [-0.3, -0.25) is 4.98 Å². The van der Waals surface area contributed by atoms with Gasteiger partial charge in [0.1, 0.15) is 0 Å². The molecule has 1 aromatic heterocycles. The molecular weight excluding hydrogens is 296 g/mol. The zero-order valence-corrected chi connectivity index (χ0v) is 13.0. The predicted molar refractivity (Wildman–Crippen MR) is 80.7 cm³/mol. The van der Waals surface area contributed by atoms with E-state index in [2.05, 4.69) is 52.2 Å². The van der Waals surface area contributed by atoms with E-state index in [9.17, 15) is 0 Å². The summed E-state index contributed by atoms with van der Waals surface area (Å²) in [5.41, 5.74) is 1.17. The van der Waals surface area contributed by atoms with Crippen molar-refractivity contribution in [2.75, 3.05) is 18.1 Å². The van der Waals surface area contributed by atoms with E-state index in [0.29, 0.717) is 6.04 Å². The number of rotatable bonds is 8. The third-order valence-electron chi connectivity index (χ3n) is 2.45. The maximum Gasteiger partial charge on any atom is 0.0420 e. The van der Waals surface area contributed by atoms with E-state index in [0.717, 1.165) is 23.2 Å². The van der Waals surface area contributed by atoms with E-state index >= 15 is 0 Å². The first-order valence-electron chi connectivity index (χ1n) is 6.17. The number of thioether (sulfide) groups is 1. The molecule has 1 heterocycles. The van der Waals surface area contributed by atoms with Gasteiger partial charge in [0.2, 0.25) is 0 Å². The molecule has 4 heteroatoms. The minimum Gasteiger partial charge on any atom is -0.313 e. The Balaban J connectivity index is 2.48. The Morgan fingerprint density at radius 3 is 2.82 bits per heavy atom. The molecule has 1 unspecified atom stereocenters. The molecule has 1 rings (SSSR count). The van der Waals surface area contributed by atoms with E-state index in [4.69, 9.17) is 0 Å². The summed E-state index contributed by atoms with van der Waals surface area (Å²) in [4.78, 5) is 4.44. The first-order valence-corrected chi connectivity index (χ1v) is 8.12. The number of nitrogens with zero attached hydrogens (tertiary/aromatic N) is 1. The van der Waals surface area contributed by atoms with Gasteiger partial charge in [-0.25, -0.2) is 0 Å². The first-order chi connectivity index (χ1) is 8.26. The van der Waals surface area contributed by atoms with Gasteiger partial charge in [0.15, 0.2) is 0 Å². The van der Waals surface area contributed by atoms with Crippen LogP contribution in [0, 0.1) is 0 Å². The second kappa shape index (κ2) is 8.95. The van der Waals surface area contributed by atoms with Gasteiger partial charge in [0.25, 0.3) is 0 Å². The van der Waals surface area contributed by atoms with Gasteiger partial charge in [-0.2, -0.15) is 11.8 Å². The summed E-state index contributed by atoms with van der Waals surface area (Å²) in [6, 6.07) is 4.70. The lowest BCUT2D eigenvalue weighted by Crippen LogP contribution is -2.34. The Hall–Kier alpha value is -0.0600. The van der Waals surface area contributed by atoms with Crippen molar-refractivity contribution in [3.63, 3.8) is 0 Å². The van der Waals surface area contributed by atoms with Crippen molar-refractivity contribution in [1.82, 2.24) is 10.3 Å². The molecule has 0 saturated heterocycles. The molecule has 96 valence electrons. The third kappa shape index (κ3) is 6.43. The van der Waals surface area contributed by atoms with Crippen LogP contribution in [-0.4, -0.2) is 29.1 Å². The van der Waals surface area contributed by atoms with Crippen LogP contribution in [0.3, 0.4) is 0 Å². The highest BCUT2D eigenvalue weighted by atomic mass is 79.9. The van der Waals surface area contributed by atoms with Gasteiger partial charge < -0.3 is 5.32 Å². The molecule has 0 bridgehead atoms. The molecule has 0 spiro atoms. The Labute approximate surface area is 117 Å². The summed E-state index contributed by atoms with van der Waals surface area (Å²) in [5.74, 6) is 2.34. The van der Waals surface area contributed by atoms with E-state index in [-0.39, 0.29) is 0 Å². The molecule has 0 aromatic carbocycles. The van der Waals surface area contributed by atoms with E-state index in [1.54, 1.807) is 0 Å². The van der Waals surface area contributed by atoms with Crippen molar-refractivity contribution in [3.8, 4) is 0 Å². The SMILES string of the molecule is CCCNC(CSCC)Cc1ccc(Br)cn1. The second-order valence-electron chi connectivity index (χ2n) is 3.98. The van der Waals surface area contributed by atoms with Gasteiger partial charge in [-0.1, -0.05) is 13.8 Å². The number of halogens is 1. The van der Waals surface area contributed by atoms with Crippen LogP contribution in [0.2, 0.25) is 0 Å².